The summed E-state index contributed by atoms with van der Waals surface area (Å²) in [5, 5.41) is 18.2. The number of ether oxygens (including phenoxy) is 1. The highest BCUT2D eigenvalue weighted by molar-refractivity contribution is 5.69. The van der Waals surface area contributed by atoms with Crippen LogP contribution in [-0.4, -0.2) is 9.55 Å². The van der Waals surface area contributed by atoms with Gasteiger partial charge in [0.05, 0.1) is 60.3 Å². The van der Waals surface area contributed by atoms with E-state index >= 15 is 0 Å². The molecule has 0 fully saturated rings. The maximum absolute atomic E-state index is 12.9. The Morgan fingerprint density at radius 3 is 2.20 bits per heavy atom. The average Bonchev–Trinajstić information content (AvgIpc) is 3.31. The molecule has 4 aromatic rings. The molecule has 0 unspecified atom stereocenters. The summed E-state index contributed by atoms with van der Waals surface area (Å²) < 4.78 is 46.7. The van der Waals surface area contributed by atoms with Crippen molar-refractivity contribution in [2.24, 2.45) is 0 Å². The summed E-state index contributed by atoms with van der Waals surface area (Å²) in [5.41, 5.74) is 4.09. The Morgan fingerprint density at radius 2 is 1.54 bits per heavy atom. The molecule has 1 aromatic heterocycles. The van der Waals surface area contributed by atoms with Gasteiger partial charge in [-0.05, 0) is 58.7 Å². The molecule has 0 aliphatic carbocycles. The minimum absolute atomic E-state index is 0.199. The van der Waals surface area contributed by atoms with E-state index in [0.29, 0.717) is 28.8 Å². The van der Waals surface area contributed by atoms with E-state index in [-0.39, 0.29) is 13.2 Å². The minimum Gasteiger partial charge on any atom is -0.370 e. The molecule has 0 bridgehead atoms. The Kier molecular flexibility index (Phi) is 6.96. The first-order valence-electron chi connectivity index (χ1n) is 10.6. The van der Waals surface area contributed by atoms with Crippen LogP contribution in [0.15, 0.2) is 79.3 Å². The van der Waals surface area contributed by atoms with Crippen molar-refractivity contribution in [3.63, 3.8) is 0 Å². The number of hydrogen-bond acceptors (Lipinski definition) is 4. The molecule has 35 heavy (non-hydrogen) atoms. The molecule has 0 radical (unpaired) electrons. The molecule has 0 saturated carbocycles. The quantitative estimate of drug-likeness (QED) is 0.327. The summed E-state index contributed by atoms with van der Waals surface area (Å²) >= 11 is 0. The third-order valence-corrected chi connectivity index (χ3v) is 5.50. The van der Waals surface area contributed by atoms with Gasteiger partial charge < -0.3 is 9.30 Å². The van der Waals surface area contributed by atoms with E-state index in [4.69, 9.17) is 10.00 Å². The van der Waals surface area contributed by atoms with Crippen molar-refractivity contribution in [1.29, 1.82) is 10.5 Å². The van der Waals surface area contributed by atoms with Crippen molar-refractivity contribution in [3.05, 3.63) is 113 Å². The largest absolute Gasteiger partial charge is 0.416 e. The maximum Gasteiger partial charge on any atom is 0.416 e. The van der Waals surface area contributed by atoms with Gasteiger partial charge in [0.15, 0.2) is 0 Å². The third kappa shape index (κ3) is 5.75. The van der Waals surface area contributed by atoms with Gasteiger partial charge in [0.25, 0.3) is 0 Å². The third-order valence-electron chi connectivity index (χ3n) is 5.50. The van der Waals surface area contributed by atoms with E-state index in [1.807, 2.05) is 16.7 Å². The first-order chi connectivity index (χ1) is 16.9. The predicted molar refractivity (Wildman–Crippen MR) is 123 cm³/mol. The van der Waals surface area contributed by atoms with Crippen LogP contribution in [0.3, 0.4) is 0 Å². The summed E-state index contributed by atoms with van der Waals surface area (Å²) in [6.45, 7) is 1.03. The summed E-state index contributed by atoms with van der Waals surface area (Å²) in [4.78, 5) is 4.20. The molecule has 174 valence electrons. The van der Waals surface area contributed by atoms with Gasteiger partial charge in [-0.1, -0.05) is 30.3 Å². The standard InChI is InChI=1S/C27H19F3N4O/c28-27(29,30)24-9-7-22(8-10-24)26-11-21(13-32)5-6-23(26)16-35-17-25-14-33-18-34(25)15-20-3-1-19(12-31)2-4-20/h1-11,14,18H,15-17H2. The van der Waals surface area contributed by atoms with E-state index in [9.17, 15) is 18.4 Å². The molecule has 0 aliphatic heterocycles. The summed E-state index contributed by atoms with van der Waals surface area (Å²) in [6.07, 6.45) is -1.01. The van der Waals surface area contributed by atoms with Crippen molar-refractivity contribution in [2.75, 3.05) is 0 Å². The van der Waals surface area contributed by atoms with Crippen LogP contribution in [0, 0.1) is 22.7 Å². The molecular weight excluding hydrogens is 453 g/mol. The number of benzene rings is 3. The highest BCUT2D eigenvalue weighted by Crippen LogP contribution is 2.32. The van der Waals surface area contributed by atoms with E-state index in [1.165, 1.54) is 12.1 Å². The van der Waals surface area contributed by atoms with Crippen molar-refractivity contribution in [3.8, 4) is 23.3 Å². The molecule has 0 aliphatic rings. The molecule has 0 saturated heterocycles. The SMILES string of the molecule is N#Cc1ccc(Cn2cncc2COCc2ccc(C#N)cc2-c2ccc(C(F)(F)F)cc2)cc1. The fraction of sp³-hybridized carbons (Fsp3) is 0.148. The van der Waals surface area contributed by atoms with Crippen molar-refractivity contribution >= 4 is 0 Å². The molecule has 5 nitrogen and oxygen atoms in total. The fourth-order valence-electron chi connectivity index (χ4n) is 3.64. The zero-order chi connectivity index (χ0) is 24.8. The Labute approximate surface area is 200 Å². The van der Waals surface area contributed by atoms with Crippen LogP contribution < -0.4 is 0 Å². The second-order valence-corrected chi connectivity index (χ2v) is 7.87. The van der Waals surface area contributed by atoms with Crippen LogP contribution in [0.4, 0.5) is 13.2 Å². The molecule has 0 atom stereocenters. The van der Waals surface area contributed by atoms with Gasteiger partial charge in [-0.25, -0.2) is 4.98 Å². The van der Waals surface area contributed by atoms with E-state index in [1.54, 1.807) is 42.9 Å². The number of alkyl halides is 3. The Hall–Kier alpha value is -4.40. The summed E-state index contributed by atoms with van der Waals surface area (Å²) in [6, 6.07) is 21.4. The average molecular weight is 472 g/mol. The molecule has 0 spiro atoms. The van der Waals surface area contributed by atoms with Gasteiger partial charge in [-0.15, -0.1) is 0 Å². The fourth-order valence-corrected chi connectivity index (χ4v) is 3.64. The molecule has 0 amide bonds. The second-order valence-electron chi connectivity index (χ2n) is 7.87. The van der Waals surface area contributed by atoms with Gasteiger partial charge in [0.1, 0.15) is 0 Å². The number of hydrogen-bond donors (Lipinski definition) is 0. The molecule has 1 heterocycles. The predicted octanol–water partition coefficient (Wildman–Crippen LogP) is 6.08. The van der Waals surface area contributed by atoms with E-state index < -0.39 is 11.7 Å². The Morgan fingerprint density at radius 1 is 0.857 bits per heavy atom. The lowest BCUT2D eigenvalue weighted by Gasteiger charge is -2.13. The molecular formula is C27H19F3N4O. The van der Waals surface area contributed by atoms with E-state index in [0.717, 1.165) is 29.0 Å². The topological polar surface area (TPSA) is 74.6 Å². The lowest BCUT2D eigenvalue weighted by Crippen LogP contribution is -2.06. The zero-order valence-electron chi connectivity index (χ0n) is 18.5. The Bertz CT molecular complexity index is 1390. The highest BCUT2D eigenvalue weighted by Gasteiger charge is 2.30. The van der Waals surface area contributed by atoms with Crippen LogP contribution in [0.2, 0.25) is 0 Å². The van der Waals surface area contributed by atoms with Crippen molar-refractivity contribution in [1.82, 2.24) is 9.55 Å². The van der Waals surface area contributed by atoms with Gasteiger partial charge in [0, 0.05) is 6.54 Å². The number of aromatic nitrogens is 2. The van der Waals surface area contributed by atoms with Crippen LogP contribution >= 0.6 is 0 Å². The molecule has 0 N–H and O–H groups in total. The van der Waals surface area contributed by atoms with Gasteiger partial charge in [-0.2, -0.15) is 23.7 Å². The summed E-state index contributed by atoms with van der Waals surface area (Å²) in [5.74, 6) is 0. The van der Waals surface area contributed by atoms with Crippen LogP contribution in [0.1, 0.15) is 33.5 Å². The lowest BCUT2D eigenvalue weighted by atomic mass is 9.97. The Balaban J connectivity index is 1.48. The van der Waals surface area contributed by atoms with Gasteiger partial charge >= 0.3 is 6.18 Å². The van der Waals surface area contributed by atoms with Crippen LogP contribution in [0.5, 0.6) is 0 Å². The number of halogens is 3. The first kappa shape index (κ1) is 23.7. The number of nitriles is 2. The molecule has 4 rings (SSSR count). The van der Waals surface area contributed by atoms with Gasteiger partial charge in [-0.3, -0.25) is 0 Å². The highest BCUT2D eigenvalue weighted by atomic mass is 19.4. The minimum atomic E-state index is -4.42. The van der Waals surface area contributed by atoms with E-state index in [2.05, 4.69) is 17.1 Å². The summed E-state index contributed by atoms with van der Waals surface area (Å²) in [7, 11) is 0. The smallest absolute Gasteiger partial charge is 0.370 e. The van der Waals surface area contributed by atoms with Crippen LogP contribution in [-0.2, 0) is 30.7 Å². The molecule has 3 aromatic carbocycles. The van der Waals surface area contributed by atoms with Crippen molar-refractivity contribution in [2.45, 2.75) is 25.9 Å². The molecule has 8 heteroatoms. The lowest BCUT2D eigenvalue weighted by molar-refractivity contribution is -0.137. The second kappa shape index (κ2) is 10.3. The first-order valence-corrected chi connectivity index (χ1v) is 10.6. The van der Waals surface area contributed by atoms with Gasteiger partial charge in [0.2, 0.25) is 0 Å². The number of imidazole rings is 1. The van der Waals surface area contributed by atoms with Crippen LogP contribution in [0.25, 0.3) is 11.1 Å². The maximum atomic E-state index is 12.9. The van der Waals surface area contributed by atoms with Crippen molar-refractivity contribution < 1.29 is 17.9 Å². The number of rotatable bonds is 7. The zero-order valence-corrected chi connectivity index (χ0v) is 18.5. The monoisotopic (exact) mass is 472 g/mol. The normalized spacial score (nSPS) is 11.1. The number of nitrogens with zero attached hydrogens (tertiary/aromatic N) is 4.